The van der Waals surface area contributed by atoms with Crippen molar-refractivity contribution in [2.45, 2.75) is 26.3 Å². The van der Waals surface area contributed by atoms with E-state index < -0.39 is 5.97 Å². The minimum absolute atomic E-state index is 0.362. The Hall–Kier alpha value is -2.28. The van der Waals surface area contributed by atoms with E-state index in [-0.39, 0.29) is 0 Å². The van der Waals surface area contributed by atoms with Crippen molar-refractivity contribution >= 4 is 17.0 Å². The van der Waals surface area contributed by atoms with E-state index >= 15 is 0 Å². The van der Waals surface area contributed by atoms with Gasteiger partial charge in [0, 0.05) is 12.5 Å². The highest BCUT2D eigenvalue weighted by atomic mass is 16.4. The molecule has 0 unspecified atom stereocenters. The van der Waals surface area contributed by atoms with E-state index in [0.29, 0.717) is 6.42 Å². The van der Waals surface area contributed by atoms with Crippen molar-refractivity contribution in [3.05, 3.63) is 30.1 Å². The predicted molar refractivity (Wildman–Crippen MR) is 69.1 cm³/mol. The highest BCUT2D eigenvalue weighted by molar-refractivity contribution is 5.86. The van der Waals surface area contributed by atoms with Gasteiger partial charge in [0.05, 0.1) is 17.5 Å². The number of fused-ring (bicyclic) bond motifs is 1. The zero-order chi connectivity index (χ0) is 13.0. The Balaban J connectivity index is 2.40. The summed E-state index contributed by atoms with van der Waals surface area (Å²) in [4.78, 5) is 14.9. The minimum atomic E-state index is -1.10. The number of para-hydroxylation sites is 2. The van der Waals surface area contributed by atoms with Crippen LogP contribution in [-0.2, 0) is 17.8 Å². The number of nitrogens with zero attached hydrogens (tertiary/aromatic N) is 2. The van der Waals surface area contributed by atoms with Crippen molar-refractivity contribution in [1.29, 1.82) is 0 Å². The van der Waals surface area contributed by atoms with E-state index in [9.17, 15) is 4.79 Å². The molecule has 0 saturated carbocycles. The van der Waals surface area contributed by atoms with Gasteiger partial charge in [0.2, 0.25) is 0 Å². The third-order valence-electron chi connectivity index (χ3n) is 2.62. The number of imidazole rings is 1. The highest BCUT2D eigenvalue weighted by Crippen LogP contribution is 2.16. The number of aliphatic carboxylic acids is 1. The number of benzene rings is 1. The lowest BCUT2D eigenvalue weighted by atomic mass is 10.3. The molecule has 4 nitrogen and oxygen atoms in total. The number of hydrogen-bond acceptors (Lipinski definition) is 2. The second-order valence-electron chi connectivity index (χ2n) is 3.95. The Morgan fingerprint density at radius 1 is 1.44 bits per heavy atom. The van der Waals surface area contributed by atoms with Crippen LogP contribution in [0.1, 0.15) is 19.2 Å². The quantitative estimate of drug-likeness (QED) is 0.838. The Morgan fingerprint density at radius 2 is 2.22 bits per heavy atom. The van der Waals surface area contributed by atoms with Gasteiger partial charge in [0.15, 0.2) is 0 Å². The summed E-state index contributed by atoms with van der Waals surface area (Å²) in [5, 5.41) is 8.50. The molecule has 1 N–H and O–H groups in total. The molecule has 18 heavy (non-hydrogen) atoms. The first-order valence-corrected chi connectivity index (χ1v) is 5.88. The summed E-state index contributed by atoms with van der Waals surface area (Å²) in [5.74, 6) is 4.47. The summed E-state index contributed by atoms with van der Waals surface area (Å²) >= 11 is 0. The maximum atomic E-state index is 10.4. The molecule has 0 bridgehead atoms. The van der Waals surface area contributed by atoms with Crippen LogP contribution in [0.4, 0.5) is 0 Å². The average molecular weight is 242 g/mol. The van der Waals surface area contributed by atoms with E-state index in [4.69, 9.17) is 5.11 Å². The molecule has 1 aromatic heterocycles. The van der Waals surface area contributed by atoms with E-state index in [2.05, 4.69) is 28.3 Å². The van der Waals surface area contributed by atoms with Gasteiger partial charge in [-0.15, -0.1) is 0 Å². The zero-order valence-electron chi connectivity index (χ0n) is 10.2. The van der Waals surface area contributed by atoms with Gasteiger partial charge in [-0.3, -0.25) is 0 Å². The van der Waals surface area contributed by atoms with E-state index in [1.54, 1.807) is 0 Å². The Kier molecular flexibility index (Phi) is 3.63. The third kappa shape index (κ3) is 2.51. The molecule has 2 rings (SSSR count). The van der Waals surface area contributed by atoms with Crippen LogP contribution in [0.2, 0.25) is 0 Å². The van der Waals surface area contributed by atoms with E-state index in [1.807, 2.05) is 24.3 Å². The molecule has 0 aliphatic heterocycles. The average Bonchev–Trinajstić information content (AvgIpc) is 2.68. The standard InChI is InChI=1S/C14H14N2O2/c1-2-10-16-12-7-4-3-6-11(12)15-13(16)8-5-9-14(17)18/h3-4,6-7H,2,8,10H2,1H3,(H,17,18). The molecule has 0 atom stereocenters. The van der Waals surface area contributed by atoms with Gasteiger partial charge in [-0.25, -0.2) is 9.78 Å². The monoisotopic (exact) mass is 242 g/mol. The molecule has 0 amide bonds. The Labute approximate surface area is 105 Å². The second kappa shape index (κ2) is 5.37. The van der Waals surface area contributed by atoms with E-state index in [0.717, 1.165) is 29.8 Å². The topological polar surface area (TPSA) is 55.1 Å². The molecule has 1 aromatic carbocycles. The SMILES string of the molecule is CCCn1c(CC#CC(=O)O)nc2ccccc21. The lowest BCUT2D eigenvalue weighted by Gasteiger charge is -2.04. The summed E-state index contributed by atoms with van der Waals surface area (Å²) in [6.07, 6.45) is 1.36. The summed E-state index contributed by atoms with van der Waals surface area (Å²) < 4.78 is 2.10. The van der Waals surface area contributed by atoms with Crippen molar-refractivity contribution in [2.24, 2.45) is 0 Å². The van der Waals surface area contributed by atoms with Gasteiger partial charge in [-0.2, -0.15) is 0 Å². The van der Waals surface area contributed by atoms with Crippen molar-refractivity contribution in [2.75, 3.05) is 0 Å². The number of carboxylic acid groups (broad SMARTS) is 1. The van der Waals surface area contributed by atoms with Gasteiger partial charge in [0.1, 0.15) is 5.82 Å². The fourth-order valence-electron chi connectivity index (χ4n) is 1.93. The normalized spacial score (nSPS) is 10.1. The number of carboxylic acids is 1. The first-order chi connectivity index (χ1) is 8.72. The molecule has 2 aromatic rings. The lowest BCUT2D eigenvalue weighted by Crippen LogP contribution is -2.02. The molecule has 92 valence electrons. The van der Waals surface area contributed by atoms with Gasteiger partial charge in [-0.05, 0) is 18.6 Å². The smallest absolute Gasteiger partial charge is 0.381 e. The van der Waals surface area contributed by atoms with Gasteiger partial charge >= 0.3 is 5.97 Å². The van der Waals surface area contributed by atoms with Crippen molar-refractivity contribution in [3.8, 4) is 11.8 Å². The molecule has 0 saturated heterocycles. The van der Waals surface area contributed by atoms with Crippen LogP contribution in [-0.4, -0.2) is 20.6 Å². The number of hydrogen-bond donors (Lipinski definition) is 1. The summed E-state index contributed by atoms with van der Waals surface area (Å²) in [6.45, 7) is 2.96. The molecule has 0 spiro atoms. The van der Waals surface area contributed by atoms with Gasteiger partial charge < -0.3 is 9.67 Å². The van der Waals surface area contributed by atoms with Crippen LogP contribution in [0.3, 0.4) is 0 Å². The number of rotatable bonds is 3. The second-order valence-corrected chi connectivity index (χ2v) is 3.95. The van der Waals surface area contributed by atoms with Crippen LogP contribution >= 0.6 is 0 Å². The molecule has 0 fully saturated rings. The Morgan fingerprint density at radius 3 is 2.94 bits per heavy atom. The first kappa shape index (κ1) is 12.2. The molecular formula is C14H14N2O2. The maximum absolute atomic E-state index is 10.4. The largest absolute Gasteiger partial charge is 0.472 e. The summed E-state index contributed by atoms with van der Waals surface area (Å²) in [7, 11) is 0. The fourth-order valence-corrected chi connectivity index (χ4v) is 1.93. The molecule has 0 radical (unpaired) electrons. The predicted octanol–water partition coefficient (Wildman–Crippen LogP) is 2.08. The zero-order valence-corrected chi connectivity index (χ0v) is 10.2. The van der Waals surface area contributed by atoms with Crippen LogP contribution in [0.5, 0.6) is 0 Å². The minimum Gasteiger partial charge on any atom is -0.472 e. The molecule has 0 aliphatic carbocycles. The van der Waals surface area contributed by atoms with Crippen LogP contribution < -0.4 is 0 Å². The van der Waals surface area contributed by atoms with Gasteiger partial charge in [-0.1, -0.05) is 25.0 Å². The van der Waals surface area contributed by atoms with E-state index in [1.165, 1.54) is 0 Å². The maximum Gasteiger partial charge on any atom is 0.381 e. The van der Waals surface area contributed by atoms with Crippen LogP contribution in [0, 0.1) is 11.8 Å². The molecule has 4 heteroatoms. The summed E-state index contributed by atoms with van der Waals surface area (Å²) in [5.41, 5.74) is 2.00. The first-order valence-electron chi connectivity index (χ1n) is 5.88. The fraction of sp³-hybridized carbons (Fsp3) is 0.286. The number of aryl methyl sites for hydroxylation is 1. The van der Waals surface area contributed by atoms with Crippen LogP contribution in [0.15, 0.2) is 24.3 Å². The molecular weight excluding hydrogens is 228 g/mol. The Bertz CT molecular complexity index is 632. The summed E-state index contributed by atoms with van der Waals surface area (Å²) in [6, 6.07) is 7.89. The lowest BCUT2D eigenvalue weighted by molar-refractivity contribution is -0.130. The van der Waals surface area contributed by atoms with Crippen LogP contribution in [0.25, 0.3) is 11.0 Å². The van der Waals surface area contributed by atoms with Gasteiger partial charge in [0.25, 0.3) is 0 Å². The van der Waals surface area contributed by atoms with Crippen molar-refractivity contribution in [1.82, 2.24) is 9.55 Å². The van der Waals surface area contributed by atoms with Crippen molar-refractivity contribution in [3.63, 3.8) is 0 Å². The number of aromatic nitrogens is 2. The van der Waals surface area contributed by atoms with Crippen molar-refractivity contribution < 1.29 is 9.90 Å². The third-order valence-corrected chi connectivity index (χ3v) is 2.62. The highest BCUT2D eigenvalue weighted by Gasteiger charge is 2.08. The molecule has 0 aliphatic rings. The molecule has 1 heterocycles. The number of carbonyl (C=O) groups is 1.